The summed E-state index contributed by atoms with van der Waals surface area (Å²) in [6.07, 6.45) is -0.367. The number of fused-ring (bicyclic) bond motifs is 1. The zero-order valence-electron chi connectivity index (χ0n) is 11.2. The maximum absolute atomic E-state index is 6.20. The summed E-state index contributed by atoms with van der Waals surface area (Å²) in [6, 6.07) is 8.96. The Bertz CT molecular complexity index is 744. The molecule has 108 valence electrons. The third kappa shape index (κ3) is 2.44. The van der Waals surface area contributed by atoms with Crippen LogP contribution in [0.5, 0.6) is 0 Å². The summed E-state index contributed by atoms with van der Waals surface area (Å²) in [4.78, 5) is 10.5. The van der Waals surface area contributed by atoms with Gasteiger partial charge in [-0.05, 0) is 30.3 Å². The number of guanidine groups is 1. The van der Waals surface area contributed by atoms with Crippen molar-refractivity contribution in [2.24, 2.45) is 16.5 Å². The quantitative estimate of drug-likeness (QED) is 0.846. The minimum absolute atomic E-state index is 0.330. The van der Waals surface area contributed by atoms with Crippen molar-refractivity contribution >= 4 is 35.0 Å². The van der Waals surface area contributed by atoms with E-state index < -0.39 is 0 Å². The van der Waals surface area contributed by atoms with Crippen molar-refractivity contribution in [1.82, 2.24) is 9.88 Å². The van der Waals surface area contributed by atoms with Gasteiger partial charge < -0.3 is 16.4 Å². The first kappa shape index (κ1) is 14.1. The molecule has 0 aliphatic carbocycles. The molecule has 2 aromatic rings. The van der Waals surface area contributed by atoms with Gasteiger partial charge in [0, 0.05) is 23.2 Å². The Kier molecular flexibility index (Phi) is 3.49. The van der Waals surface area contributed by atoms with Crippen LogP contribution in [0, 0.1) is 0 Å². The number of halogens is 2. The number of pyridine rings is 1. The smallest absolute Gasteiger partial charge is 0.199 e. The molecule has 0 spiro atoms. The molecule has 1 atom stereocenters. The number of benzene rings is 1. The van der Waals surface area contributed by atoms with Crippen LogP contribution in [0.3, 0.4) is 0 Å². The van der Waals surface area contributed by atoms with Crippen LogP contribution in [-0.2, 0) is 0 Å². The summed E-state index contributed by atoms with van der Waals surface area (Å²) in [5.41, 5.74) is 14.2. The number of hydrogen-bond donors (Lipinski definition) is 2. The number of aromatic nitrogens is 1. The molecule has 1 aliphatic rings. The predicted octanol–water partition coefficient (Wildman–Crippen LogP) is 2.90. The van der Waals surface area contributed by atoms with Crippen molar-refractivity contribution in [2.75, 3.05) is 7.05 Å². The second-order valence-electron chi connectivity index (χ2n) is 4.76. The Labute approximate surface area is 132 Å². The van der Waals surface area contributed by atoms with Gasteiger partial charge in [0.2, 0.25) is 0 Å². The molecule has 0 fully saturated rings. The van der Waals surface area contributed by atoms with E-state index in [0.29, 0.717) is 27.5 Å². The van der Waals surface area contributed by atoms with Crippen molar-refractivity contribution in [3.8, 4) is 11.3 Å². The van der Waals surface area contributed by atoms with Crippen molar-refractivity contribution in [2.45, 2.75) is 6.17 Å². The molecule has 1 unspecified atom stereocenters. The van der Waals surface area contributed by atoms with Crippen LogP contribution in [0.4, 0.5) is 5.82 Å². The first-order valence-electron chi connectivity index (χ1n) is 6.26. The number of nitrogens with two attached hydrogens (primary N) is 2. The highest BCUT2D eigenvalue weighted by atomic mass is 35.5. The van der Waals surface area contributed by atoms with Gasteiger partial charge in [-0.25, -0.2) is 4.98 Å². The van der Waals surface area contributed by atoms with E-state index in [2.05, 4.69) is 9.98 Å². The Morgan fingerprint density at radius 1 is 1.19 bits per heavy atom. The molecule has 0 amide bonds. The lowest BCUT2D eigenvalue weighted by atomic mass is 10.1. The van der Waals surface area contributed by atoms with Gasteiger partial charge in [0.05, 0.1) is 10.7 Å². The van der Waals surface area contributed by atoms with Crippen LogP contribution in [0.1, 0.15) is 11.7 Å². The molecule has 0 radical (unpaired) electrons. The molecule has 1 aromatic carbocycles. The summed E-state index contributed by atoms with van der Waals surface area (Å²) in [5.74, 6) is 0.837. The fourth-order valence-corrected chi connectivity index (χ4v) is 2.55. The largest absolute Gasteiger partial charge is 0.369 e. The molecule has 3 rings (SSSR count). The number of aliphatic imine (C=N–C) groups is 1. The fraction of sp³-hybridized carbons (Fsp3) is 0.143. The van der Waals surface area contributed by atoms with E-state index in [0.717, 1.165) is 11.1 Å². The summed E-state index contributed by atoms with van der Waals surface area (Å²) in [7, 11) is 1.79. The normalized spacial score (nSPS) is 17.4. The van der Waals surface area contributed by atoms with Crippen molar-refractivity contribution < 1.29 is 0 Å². The Balaban J connectivity index is 2.14. The van der Waals surface area contributed by atoms with Gasteiger partial charge in [0.15, 0.2) is 11.8 Å². The predicted molar refractivity (Wildman–Crippen MR) is 85.7 cm³/mol. The highest BCUT2D eigenvalue weighted by molar-refractivity contribution is 6.35. The number of nitrogens with zero attached hydrogens (tertiary/aromatic N) is 3. The fourth-order valence-electron chi connectivity index (χ4n) is 2.16. The average molecular weight is 322 g/mol. The summed E-state index contributed by atoms with van der Waals surface area (Å²) in [6.45, 7) is 0. The molecule has 2 heterocycles. The molecule has 5 nitrogen and oxygen atoms in total. The highest BCUT2D eigenvalue weighted by Crippen LogP contribution is 2.34. The number of rotatable bonds is 1. The van der Waals surface area contributed by atoms with Gasteiger partial charge in [0.1, 0.15) is 6.17 Å². The zero-order valence-corrected chi connectivity index (χ0v) is 12.7. The Morgan fingerprint density at radius 2 is 1.95 bits per heavy atom. The number of hydrogen-bond acceptors (Lipinski definition) is 5. The molecule has 21 heavy (non-hydrogen) atoms. The van der Waals surface area contributed by atoms with Gasteiger partial charge in [-0.3, -0.25) is 0 Å². The Morgan fingerprint density at radius 3 is 2.71 bits per heavy atom. The first-order valence-corrected chi connectivity index (χ1v) is 7.02. The maximum Gasteiger partial charge on any atom is 0.199 e. The first-order chi connectivity index (χ1) is 9.97. The standard InChI is InChI=1S/C14H13Cl2N5/c1-21-12(17)8-3-5-11(19-13(8)20-14(21)18)9-6-7(15)2-4-10(9)16/h2-6,12H,17H2,1H3,(H2,18,19,20). The van der Waals surface area contributed by atoms with Gasteiger partial charge in [-0.1, -0.05) is 23.2 Å². The minimum Gasteiger partial charge on any atom is -0.369 e. The maximum atomic E-state index is 6.20. The Hall–Kier alpha value is -1.82. The van der Waals surface area contributed by atoms with E-state index in [-0.39, 0.29) is 6.17 Å². The molecule has 1 aromatic heterocycles. The third-order valence-corrected chi connectivity index (χ3v) is 3.99. The topological polar surface area (TPSA) is 80.5 Å². The van der Waals surface area contributed by atoms with Crippen molar-refractivity contribution in [1.29, 1.82) is 0 Å². The van der Waals surface area contributed by atoms with E-state index in [1.54, 1.807) is 30.1 Å². The minimum atomic E-state index is -0.367. The van der Waals surface area contributed by atoms with Crippen LogP contribution >= 0.6 is 23.2 Å². The van der Waals surface area contributed by atoms with Crippen LogP contribution < -0.4 is 11.5 Å². The summed E-state index contributed by atoms with van der Waals surface area (Å²) >= 11 is 12.2. The molecule has 0 saturated carbocycles. The van der Waals surface area contributed by atoms with E-state index in [9.17, 15) is 0 Å². The van der Waals surface area contributed by atoms with Gasteiger partial charge in [-0.2, -0.15) is 4.99 Å². The van der Waals surface area contributed by atoms with Crippen molar-refractivity contribution in [3.63, 3.8) is 0 Å². The molecule has 1 aliphatic heterocycles. The van der Waals surface area contributed by atoms with E-state index >= 15 is 0 Å². The summed E-state index contributed by atoms with van der Waals surface area (Å²) in [5, 5.41) is 1.16. The van der Waals surface area contributed by atoms with E-state index in [4.69, 9.17) is 34.7 Å². The second-order valence-corrected chi connectivity index (χ2v) is 5.60. The summed E-state index contributed by atoms with van der Waals surface area (Å²) < 4.78 is 0. The second kappa shape index (κ2) is 5.18. The van der Waals surface area contributed by atoms with Crippen LogP contribution in [0.15, 0.2) is 35.3 Å². The average Bonchev–Trinajstić information content (AvgIpc) is 2.47. The molecule has 4 N–H and O–H groups in total. The third-order valence-electron chi connectivity index (χ3n) is 3.43. The molecule has 0 saturated heterocycles. The van der Waals surface area contributed by atoms with Gasteiger partial charge in [-0.15, -0.1) is 0 Å². The van der Waals surface area contributed by atoms with Crippen molar-refractivity contribution in [3.05, 3.63) is 45.9 Å². The molecule has 7 heteroatoms. The highest BCUT2D eigenvalue weighted by Gasteiger charge is 2.24. The lowest BCUT2D eigenvalue weighted by Gasteiger charge is -2.30. The van der Waals surface area contributed by atoms with Gasteiger partial charge >= 0.3 is 0 Å². The molecule has 0 bridgehead atoms. The lowest BCUT2D eigenvalue weighted by Crippen LogP contribution is -2.43. The zero-order chi connectivity index (χ0) is 15.1. The van der Waals surface area contributed by atoms with Crippen LogP contribution in [-0.4, -0.2) is 22.9 Å². The van der Waals surface area contributed by atoms with Crippen LogP contribution in [0.25, 0.3) is 11.3 Å². The van der Waals surface area contributed by atoms with E-state index in [1.165, 1.54) is 0 Å². The molecular weight excluding hydrogens is 309 g/mol. The van der Waals surface area contributed by atoms with E-state index in [1.807, 2.05) is 12.1 Å². The lowest BCUT2D eigenvalue weighted by molar-refractivity contribution is 0.374. The molecular formula is C14H13Cl2N5. The van der Waals surface area contributed by atoms with Crippen LogP contribution in [0.2, 0.25) is 10.0 Å². The SMILES string of the molecule is CN1C(N)=Nc2nc(-c3cc(Cl)ccc3Cl)ccc2C1N. The monoisotopic (exact) mass is 321 g/mol. The van der Waals surface area contributed by atoms with Gasteiger partial charge in [0.25, 0.3) is 0 Å².